The third-order valence-electron chi connectivity index (χ3n) is 3.85. The Hall–Kier alpha value is -3.13. The molecule has 0 saturated heterocycles. The lowest BCUT2D eigenvalue weighted by Crippen LogP contribution is -2.08. The van der Waals surface area contributed by atoms with Gasteiger partial charge < -0.3 is 9.88 Å². The Balaban J connectivity index is 1.68. The summed E-state index contributed by atoms with van der Waals surface area (Å²) in [6, 6.07) is 10.4. The average molecular weight is 407 g/mol. The van der Waals surface area contributed by atoms with Crippen molar-refractivity contribution in [1.29, 1.82) is 0 Å². The van der Waals surface area contributed by atoms with Crippen LogP contribution in [0, 0.1) is 0 Å². The third-order valence-corrected chi connectivity index (χ3v) is 4.17. The maximum atomic E-state index is 12.9. The molecule has 0 fully saturated rings. The van der Waals surface area contributed by atoms with Crippen LogP contribution in [0.5, 0.6) is 0 Å². The normalized spacial score (nSPS) is 11.8. The van der Waals surface area contributed by atoms with Gasteiger partial charge in [-0.3, -0.25) is 4.79 Å². The van der Waals surface area contributed by atoms with E-state index >= 15 is 0 Å². The number of anilines is 1. The molecule has 3 aromatic rings. The Labute approximate surface area is 163 Å². The van der Waals surface area contributed by atoms with E-state index in [4.69, 9.17) is 11.6 Å². The van der Waals surface area contributed by atoms with Crippen molar-refractivity contribution in [3.8, 4) is 11.4 Å². The highest BCUT2D eigenvalue weighted by molar-refractivity contribution is 6.31. The lowest BCUT2D eigenvalue weighted by atomic mass is 10.1. The van der Waals surface area contributed by atoms with E-state index < -0.39 is 22.7 Å². The van der Waals surface area contributed by atoms with Crippen LogP contribution in [0.2, 0.25) is 5.02 Å². The van der Waals surface area contributed by atoms with Crippen LogP contribution >= 0.6 is 11.6 Å². The maximum absolute atomic E-state index is 12.9. The Kier molecular flexibility index (Phi) is 5.51. The number of amides is 1. The molecule has 0 atom stereocenters. The second-order valence-corrected chi connectivity index (χ2v) is 6.31. The topological polar surface area (TPSA) is 59.8 Å². The molecule has 144 valence electrons. The van der Waals surface area contributed by atoms with E-state index in [0.29, 0.717) is 11.5 Å². The van der Waals surface area contributed by atoms with E-state index in [0.717, 1.165) is 23.8 Å². The number of benzene rings is 2. The molecular formula is C19H14ClF3N4O. The van der Waals surface area contributed by atoms with Gasteiger partial charge in [-0.15, -0.1) is 10.2 Å². The Morgan fingerprint density at radius 1 is 1.18 bits per heavy atom. The maximum Gasteiger partial charge on any atom is 0.417 e. The first-order valence-electron chi connectivity index (χ1n) is 8.04. The summed E-state index contributed by atoms with van der Waals surface area (Å²) in [7, 11) is 1.82. The fourth-order valence-electron chi connectivity index (χ4n) is 2.47. The van der Waals surface area contributed by atoms with Crippen LogP contribution in [0.1, 0.15) is 11.1 Å². The summed E-state index contributed by atoms with van der Waals surface area (Å²) >= 11 is 5.58. The molecule has 5 nitrogen and oxygen atoms in total. The number of alkyl halides is 3. The largest absolute Gasteiger partial charge is 0.417 e. The highest BCUT2D eigenvalue weighted by Gasteiger charge is 2.33. The minimum absolute atomic E-state index is 0.213. The monoisotopic (exact) mass is 406 g/mol. The van der Waals surface area contributed by atoms with Gasteiger partial charge in [0.15, 0.2) is 5.82 Å². The van der Waals surface area contributed by atoms with Crippen LogP contribution in [-0.4, -0.2) is 20.7 Å². The van der Waals surface area contributed by atoms with Crippen molar-refractivity contribution in [1.82, 2.24) is 14.8 Å². The molecule has 0 saturated carbocycles. The smallest absolute Gasteiger partial charge is 0.323 e. The van der Waals surface area contributed by atoms with Gasteiger partial charge in [0.25, 0.3) is 0 Å². The zero-order valence-corrected chi connectivity index (χ0v) is 15.3. The summed E-state index contributed by atoms with van der Waals surface area (Å²) in [6.45, 7) is 0. The molecule has 9 heteroatoms. The number of carbonyl (C=O) groups excluding carboxylic acids is 1. The molecule has 0 aliphatic rings. The third kappa shape index (κ3) is 4.58. The zero-order chi connectivity index (χ0) is 20.3. The molecule has 0 aliphatic heterocycles. The number of nitrogens with zero attached hydrogens (tertiary/aromatic N) is 3. The van der Waals surface area contributed by atoms with E-state index in [2.05, 4.69) is 15.5 Å². The Bertz CT molecular complexity index is 1030. The number of aryl methyl sites for hydroxylation is 1. The number of carbonyl (C=O) groups is 1. The average Bonchev–Trinajstić information content (AvgIpc) is 3.07. The van der Waals surface area contributed by atoms with Crippen LogP contribution in [-0.2, 0) is 18.0 Å². The first-order valence-corrected chi connectivity index (χ1v) is 8.42. The predicted octanol–water partition coefficient (Wildman–Crippen LogP) is 4.81. The number of halogens is 4. The van der Waals surface area contributed by atoms with Crippen molar-refractivity contribution in [2.45, 2.75) is 6.18 Å². The summed E-state index contributed by atoms with van der Waals surface area (Å²) < 4.78 is 40.4. The predicted molar refractivity (Wildman–Crippen MR) is 101 cm³/mol. The number of hydrogen-bond donors (Lipinski definition) is 1. The van der Waals surface area contributed by atoms with Crippen molar-refractivity contribution < 1.29 is 18.0 Å². The van der Waals surface area contributed by atoms with Gasteiger partial charge in [0.1, 0.15) is 6.33 Å². The van der Waals surface area contributed by atoms with Gasteiger partial charge in [-0.1, -0.05) is 17.7 Å². The van der Waals surface area contributed by atoms with Crippen LogP contribution < -0.4 is 5.32 Å². The highest BCUT2D eigenvalue weighted by Crippen LogP contribution is 2.35. The molecule has 0 bridgehead atoms. The lowest BCUT2D eigenvalue weighted by Gasteiger charge is -2.09. The first kappa shape index (κ1) is 19.6. The van der Waals surface area contributed by atoms with Crippen molar-refractivity contribution in [2.24, 2.45) is 7.05 Å². The number of hydrogen-bond acceptors (Lipinski definition) is 3. The molecule has 2 aromatic carbocycles. The van der Waals surface area contributed by atoms with Gasteiger partial charge in [-0.2, -0.15) is 13.2 Å². The first-order chi connectivity index (χ1) is 13.2. The van der Waals surface area contributed by atoms with Crippen molar-refractivity contribution in [2.75, 3.05) is 5.32 Å². The summed E-state index contributed by atoms with van der Waals surface area (Å²) in [5.74, 6) is 0.205. The molecule has 3 rings (SSSR count). The zero-order valence-electron chi connectivity index (χ0n) is 14.5. The van der Waals surface area contributed by atoms with E-state index in [1.54, 1.807) is 35.2 Å². The standard InChI is InChI=1S/C19H14ClF3N4O/c1-27-11-24-26-18(27)13-4-6-14(7-5-13)25-17(28)9-3-12-2-8-16(20)15(10-12)19(21,22)23/h2-11H,1H3,(H,25,28)/b9-3+. The Morgan fingerprint density at radius 2 is 1.89 bits per heavy atom. The summed E-state index contributed by atoms with van der Waals surface area (Å²) in [5, 5.41) is 10.0. The van der Waals surface area contributed by atoms with Crippen molar-refractivity contribution in [3.63, 3.8) is 0 Å². The molecule has 1 amide bonds. The molecule has 0 radical (unpaired) electrons. The van der Waals surface area contributed by atoms with Gasteiger partial charge in [0, 0.05) is 24.4 Å². The summed E-state index contributed by atoms with van der Waals surface area (Å²) in [6.07, 6.45) is -0.542. The fraction of sp³-hybridized carbons (Fsp3) is 0.105. The molecule has 1 aromatic heterocycles. The Morgan fingerprint density at radius 3 is 2.50 bits per heavy atom. The molecular weight excluding hydrogens is 393 g/mol. The number of rotatable bonds is 4. The fourth-order valence-corrected chi connectivity index (χ4v) is 2.69. The molecule has 1 N–H and O–H groups in total. The quantitative estimate of drug-likeness (QED) is 0.633. The highest BCUT2D eigenvalue weighted by atomic mass is 35.5. The minimum atomic E-state index is -4.56. The van der Waals surface area contributed by atoms with Crippen molar-refractivity contribution >= 4 is 29.3 Å². The van der Waals surface area contributed by atoms with E-state index in [9.17, 15) is 18.0 Å². The molecule has 1 heterocycles. The number of aromatic nitrogens is 3. The van der Waals surface area contributed by atoms with E-state index in [-0.39, 0.29) is 5.56 Å². The summed E-state index contributed by atoms with van der Waals surface area (Å²) in [5.41, 5.74) is 0.627. The molecule has 0 spiro atoms. The molecule has 28 heavy (non-hydrogen) atoms. The van der Waals surface area contributed by atoms with Crippen molar-refractivity contribution in [3.05, 3.63) is 71.0 Å². The van der Waals surface area contributed by atoms with Crippen LogP contribution in [0.4, 0.5) is 18.9 Å². The number of nitrogens with one attached hydrogen (secondary N) is 1. The summed E-state index contributed by atoms with van der Waals surface area (Å²) in [4.78, 5) is 12.0. The minimum Gasteiger partial charge on any atom is -0.323 e. The van der Waals surface area contributed by atoms with Gasteiger partial charge in [0.2, 0.25) is 5.91 Å². The van der Waals surface area contributed by atoms with Crippen LogP contribution in [0.25, 0.3) is 17.5 Å². The van der Waals surface area contributed by atoms with Crippen LogP contribution in [0.3, 0.4) is 0 Å². The van der Waals surface area contributed by atoms with E-state index in [1.807, 2.05) is 7.05 Å². The second-order valence-electron chi connectivity index (χ2n) is 5.90. The SMILES string of the molecule is Cn1cnnc1-c1ccc(NC(=O)/C=C/c2ccc(Cl)c(C(F)(F)F)c2)cc1. The molecule has 0 unspecified atom stereocenters. The second kappa shape index (κ2) is 7.85. The lowest BCUT2D eigenvalue weighted by molar-refractivity contribution is -0.137. The van der Waals surface area contributed by atoms with Gasteiger partial charge in [0.05, 0.1) is 10.6 Å². The van der Waals surface area contributed by atoms with Crippen LogP contribution in [0.15, 0.2) is 54.9 Å². The van der Waals surface area contributed by atoms with Gasteiger partial charge in [-0.25, -0.2) is 0 Å². The van der Waals surface area contributed by atoms with E-state index in [1.165, 1.54) is 12.1 Å². The van der Waals surface area contributed by atoms with Gasteiger partial charge >= 0.3 is 6.18 Å². The van der Waals surface area contributed by atoms with Gasteiger partial charge in [-0.05, 0) is 48.0 Å². The molecule has 0 aliphatic carbocycles.